The van der Waals surface area contributed by atoms with Crippen LogP contribution in [0.1, 0.15) is 5.56 Å². The lowest BCUT2D eigenvalue weighted by Crippen LogP contribution is -2.19. The van der Waals surface area contributed by atoms with Crippen LogP contribution in [0.3, 0.4) is 0 Å². The number of phenolic OH excluding ortho intramolecular Hbond substituents is 1. The maximum absolute atomic E-state index is 10.9. The van der Waals surface area contributed by atoms with E-state index in [0.29, 0.717) is 22.2 Å². The molecule has 0 aliphatic carbocycles. The molecule has 1 fully saturated rings. The topological polar surface area (TPSA) is 83.3 Å². The fourth-order valence-corrected chi connectivity index (χ4v) is 2.46. The van der Waals surface area contributed by atoms with E-state index in [1.165, 1.54) is 25.1 Å². The molecular formula is C11H10BrN3O3S. The molecule has 0 atom stereocenters. The first-order chi connectivity index (χ1) is 9.10. The molecule has 0 spiro atoms. The van der Waals surface area contributed by atoms with Crippen LogP contribution < -0.4 is 10.1 Å². The molecule has 1 amide bonds. The minimum Gasteiger partial charge on any atom is -0.504 e. The predicted molar refractivity (Wildman–Crippen MR) is 78.0 cm³/mol. The molecule has 1 saturated heterocycles. The fraction of sp³-hybridized carbons (Fsp3) is 0.182. The zero-order valence-electron chi connectivity index (χ0n) is 9.88. The van der Waals surface area contributed by atoms with Crippen LogP contribution in [-0.2, 0) is 4.79 Å². The zero-order chi connectivity index (χ0) is 13.8. The fourth-order valence-electron chi connectivity index (χ4n) is 1.37. The molecule has 1 heterocycles. The number of ether oxygens (including phenoxy) is 1. The van der Waals surface area contributed by atoms with Crippen LogP contribution in [0, 0.1) is 0 Å². The third kappa shape index (κ3) is 3.48. The summed E-state index contributed by atoms with van der Waals surface area (Å²) in [6, 6.07) is 3.33. The number of benzene rings is 1. The number of amides is 1. The number of phenols is 1. The Labute approximate surface area is 122 Å². The van der Waals surface area contributed by atoms with Gasteiger partial charge in [-0.2, -0.15) is 5.10 Å². The third-order valence-corrected chi connectivity index (χ3v) is 3.54. The third-order valence-electron chi connectivity index (χ3n) is 2.22. The molecule has 0 bridgehead atoms. The Morgan fingerprint density at radius 1 is 1.58 bits per heavy atom. The van der Waals surface area contributed by atoms with Crippen molar-refractivity contribution in [2.75, 3.05) is 12.9 Å². The maximum atomic E-state index is 10.9. The van der Waals surface area contributed by atoms with Crippen LogP contribution in [0.4, 0.5) is 0 Å². The van der Waals surface area contributed by atoms with Gasteiger partial charge in [0.05, 0.1) is 19.1 Å². The number of carbonyl (C=O) groups is 1. The number of hydrogen-bond donors (Lipinski definition) is 2. The van der Waals surface area contributed by atoms with Gasteiger partial charge in [-0.3, -0.25) is 4.79 Å². The van der Waals surface area contributed by atoms with Gasteiger partial charge in [0.25, 0.3) is 0 Å². The monoisotopic (exact) mass is 343 g/mol. The number of methoxy groups -OCH3 is 1. The number of nitrogens with one attached hydrogen (secondary N) is 1. The number of nitrogens with zero attached hydrogens (tertiary/aromatic N) is 2. The Kier molecular flexibility index (Phi) is 4.43. The molecule has 2 rings (SSSR count). The molecule has 1 aliphatic rings. The molecule has 8 heteroatoms. The Morgan fingerprint density at radius 2 is 2.37 bits per heavy atom. The first kappa shape index (κ1) is 13.9. The Morgan fingerprint density at radius 3 is 3.00 bits per heavy atom. The van der Waals surface area contributed by atoms with Crippen LogP contribution in [-0.4, -0.2) is 35.3 Å². The minimum absolute atomic E-state index is 0.0160. The number of thioether (sulfide) groups is 1. The number of carbonyl (C=O) groups excluding carboxylic acids is 1. The molecule has 1 aromatic rings. The van der Waals surface area contributed by atoms with Gasteiger partial charge in [-0.15, -0.1) is 5.10 Å². The molecule has 19 heavy (non-hydrogen) atoms. The molecule has 0 radical (unpaired) electrons. The van der Waals surface area contributed by atoms with E-state index in [0.717, 1.165) is 4.47 Å². The van der Waals surface area contributed by atoms with Crippen molar-refractivity contribution in [1.82, 2.24) is 5.32 Å². The summed E-state index contributed by atoms with van der Waals surface area (Å²) in [6.07, 6.45) is 1.39. The van der Waals surface area contributed by atoms with E-state index in [1.807, 2.05) is 0 Å². The molecule has 0 saturated carbocycles. The number of hydrogen-bond acceptors (Lipinski definition) is 6. The van der Waals surface area contributed by atoms with Crippen molar-refractivity contribution in [1.29, 1.82) is 0 Å². The lowest BCUT2D eigenvalue weighted by atomic mass is 10.2. The second kappa shape index (κ2) is 6.07. The van der Waals surface area contributed by atoms with Crippen molar-refractivity contribution in [2.45, 2.75) is 0 Å². The lowest BCUT2D eigenvalue weighted by molar-refractivity contribution is -0.116. The standard InChI is InChI=1S/C11H10BrN3O3S/c1-18-8-3-7(12)2-6(10(8)17)4-13-15-11-14-9(16)5-19-11/h2-4,17H,5H2,1H3,(H,14,15,16)/b13-4-. The van der Waals surface area contributed by atoms with Crippen molar-refractivity contribution in [3.63, 3.8) is 0 Å². The molecule has 0 unspecified atom stereocenters. The van der Waals surface area contributed by atoms with Gasteiger partial charge in [-0.25, -0.2) is 0 Å². The minimum atomic E-state index is -0.0917. The normalized spacial score (nSPS) is 17.2. The summed E-state index contributed by atoms with van der Waals surface area (Å²) in [6.45, 7) is 0. The van der Waals surface area contributed by atoms with E-state index in [9.17, 15) is 9.90 Å². The Balaban J connectivity index is 2.19. The van der Waals surface area contributed by atoms with E-state index in [-0.39, 0.29) is 11.7 Å². The maximum Gasteiger partial charge on any atom is 0.236 e. The second-order valence-electron chi connectivity index (χ2n) is 3.53. The van der Waals surface area contributed by atoms with E-state index in [4.69, 9.17) is 4.74 Å². The average Bonchev–Trinajstić information content (AvgIpc) is 2.79. The molecule has 6 nitrogen and oxygen atoms in total. The van der Waals surface area contributed by atoms with Crippen LogP contribution in [0.15, 0.2) is 26.8 Å². The SMILES string of the molecule is COc1cc(Br)cc(/C=N\N=C2\NC(=O)CS2)c1O. The summed E-state index contributed by atoms with van der Waals surface area (Å²) < 4.78 is 5.77. The number of amidine groups is 1. The van der Waals surface area contributed by atoms with Gasteiger partial charge < -0.3 is 15.2 Å². The smallest absolute Gasteiger partial charge is 0.236 e. The van der Waals surface area contributed by atoms with E-state index < -0.39 is 0 Å². The summed E-state index contributed by atoms with van der Waals surface area (Å²) in [7, 11) is 1.47. The van der Waals surface area contributed by atoms with E-state index in [1.54, 1.807) is 12.1 Å². The van der Waals surface area contributed by atoms with Crippen molar-refractivity contribution in [2.24, 2.45) is 10.2 Å². The van der Waals surface area contributed by atoms with Crippen molar-refractivity contribution in [3.05, 3.63) is 22.2 Å². The summed E-state index contributed by atoms with van der Waals surface area (Å²) in [5.41, 5.74) is 0.463. The zero-order valence-corrected chi connectivity index (χ0v) is 12.3. The van der Waals surface area contributed by atoms with Gasteiger partial charge in [0.1, 0.15) is 0 Å². The summed E-state index contributed by atoms with van der Waals surface area (Å²) in [5, 5.41) is 20.6. The largest absolute Gasteiger partial charge is 0.504 e. The average molecular weight is 344 g/mol. The highest BCUT2D eigenvalue weighted by Gasteiger charge is 2.16. The van der Waals surface area contributed by atoms with Crippen LogP contribution in [0.2, 0.25) is 0 Å². The van der Waals surface area contributed by atoms with Gasteiger partial charge in [0, 0.05) is 10.0 Å². The van der Waals surface area contributed by atoms with Gasteiger partial charge in [0.15, 0.2) is 16.7 Å². The van der Waals surface area contributed by atoms with Gasteiger partial charge in [-0.05, 0) is 12.1 Å². The highest BCUT2D eigenvalue weighted by Crippen LogP contribution is 2.32. The van der Waals surface area contributed by atoms with Gasteiger partial charge >= 0.3 is 0 Å². The summed E-state index contributed by atoms with van der Waals surface area (Å²) in [4.78, 5) is 10.9. The molecule has 1 aromatic carbocycles. The van der Waals surface area contributed by atoms with E-state index >= 15 is 0 Å². The Hall–Kier alpha value is -1.54. The van der Waals surface area contributed by atoms with Crippen LogP contribution >= 0.6 is 27.7 Å². The highest BCUT2D eigenvalue weighted by molar-refractivity contribution is 9.10. The van der Waals surface area contributed by atoms with Crippen molar-refractivity contribution in [3.8, 4) is 11.5 Å². The Bertz CT molecular complexity index is 575. The van der Waals surface area contributed by atoms with Crippen LogP contribution in [0.25, 0.3) is 0 Å². The highest BCUT2D eigenvalue weighted by atomic mass is 79.9. The van der Waals surface area contributed by atoms with Crippen molar-refractivity contribution >= 4 is 45.0 Å². The first-order valence-corrected chi connectivity index (χ1v) is 6.98. The van der Waals surface area contributed by atoms with Crippen molar-refractivity contribution < 1.29 is 14.6 Å². The molecule has 2 N–H and O–H groups in total. The second-order valence-corrected chi connectivity index (χ2v) is 5.41. The summed E-state index contributed by atoms with van der Waals surface area (Å²) in [5.74, 6) is 0.584. The quantitative estimate of drug-likeness (QED) is 0.646. The molecule has 100 valence electrons. The van der Waals surface area contributed by atoms with Gasteiger partial charge in [-0.1, -0.05) is 27.7 Å². The summed E-state index contributed by atoms with van der Waals surface area (Å²) >= 11 is 4.58. The number of aromatic hydroxyl groups is 1. The first-order valence-electron chi connectivity index (χ1n) is 5.20. The lowest BCUT2D eigenvalue weighted by Gasteiger charge is -2.06. The van der Waals surface area contributed by atoms with Crippen LogP contribution in [0.5, 0.6) is 11.5 Å². The van der Waals surface area contributed by atoms with Gasteiger partial charge in [0.2, 0.25) is 5.91 Å². The number of rotatable bonds is 3. The molecule has 1 aliphatic heterocycles. The molecule has 0 aromatic heterocycles. The number of halogens is 1. The van der Waals surface area contributed by atoms with E-state index in [2.05, 4.69) is 31.4 Å². The predicted octanol–water partition coefficient (Wildman–Crippen LogP) is 1.72. The molecular weight excluding hydrogens is 334 g/mol.